The SMILES string of the molecule is Cc1cccc(CN2CCN(C(=O)CNS(=O)(=O)c3ccccc3C#N)CC2)c1. The molecule has 0 spiro atoms. The van der Waals surface area contributed by atoms with Gasteiger partial charge in [-0.15, -0.1) is 0 Å². The largest absolute Gasteiger partial charge is 0.339 e. The summed E-state index contributed by atoms with van der Waals surface area (Å²) < 4.78 is 27.2. The van der Waals surface area contributed by atoms with Gasteiger partial charge in [-0.2, -0.15) is 5.26 Å². The number of hydrogen-bond donors (Lipinski definition) is 1. The van der Waals surface area contributed by atoms with E-state index < -0.39 is 10.0 Å². The van der Waals surface area contributed by atoms with Gasteiger partial charge in [0.1, 0.15) is 6.07 Å². The van der Waals surface area contributed by atoms with Gasteiger partial charge < -0.3 is 4.90 Å². The Hall–Kier alpha value is -2.73. The maximum Gasteiger partial charge on any atom is 0.242 e. The summed E-state index contributed by atoms with van der Waals surface area (Å²) in [4.78, 5) is 16.3. The molecule has 29 heavy (non-hydrogen) atoms. The molecule has 1 heterocycles. The summed E-state index contributed by atoms with van der Waals surface area (Å²) >= 11 is 0. The van der Waals surface area contributed by atoms with Gasteiger partial charge in [0.15, 0.2) is 0 Å². The summed E-state index contributed by atoms with van der Waals surface area (Å²) in [6.07, 6.45) is 0. The average Bonchev–Trinajstić information content (AvgIpc) is 2.72. The van der Waals surface area contributed by atoms with Crippen molar-refractivity contribution >= 4 is 15.9 Å². The van der Waals surface area contributed by atoms with Gasteiger partial charge in [0.2, 0.25) is 15.9 Å². The monoisotopic (exact) mass is 412 g/mol. The Morgan fingerprint density at radius 3 is 2.52 bits per heavy atom. The highest BCUT2D eigenvalue weighted by molar-refractivity contribution is 7.89. The second-order valence-electron chi connectivity index (χ2n) is 7.08. The van der Waals surface area contributed by atoms with E-state index in [9.17, 15) is 13.2 Å². The fraction of sp³-hybridized carbons (Fsp3) is 0.333. The Morgan fingerprint density at radius 2 is 1.83 bits per heavy atom. The zero-order valence-electron chi connectivity index (χ0n) is 16.3. The maximum atomic E-state index is 12.5. The van der Waals surface area contributed by atoms with Gasteiger partial charge in [0.05, 0.1) is 17.0 Å². The van der Waals surface area contributed by atoms with Crippen LogP contribution in [0.3, 0.4) is 0 Å². The van der Waals surface area contributed by atoms with E-state index in [2.05, 4.69) is 34.7 Å². The van der Waals surface area contributed by atoms with Crippen LogP contribution in [-0.4, -0.2) is 56.8 Å². The van der Waals surface area contributed by atoms with Crippen LogP contribution in [0.1, 0.15) is 16.7 Å². The van der Waals surface area contributed by atoms with Gasteiger partial charge in [-0.05, 0) is 24.6 Å². The van der Waals surface area contributed by atoms with Crippen LogP contribution < -0.4 is 4.72 Å². The molecule has 2 aromatic rings. The molecule has 1 aliphatic heterocycles. The van der Waals surface area contributed by atoms with Crippen molar-refractivity contribution in [3.05, 3.63) is 65.2 Å². The zero-order valence-corrected chi connectivity index (χ0v) is 17.2. The lowest BCUT2D eigenvalue weighted by molar-refractivity contribution is -0.131. The molecule has 8 heteroatoms. The predicted octanol–water partition coefficient (Wildman–Crippen LogP) is 1.49. The summed E-state index contributed by atoms with van der Waals surface area (Å²) in [5, 5.41) is 9.09. The maximum absolute atomic E-state index is 12.5. The number of sulfonamides is 1. The molecular weight excluding hydrogens is 388 g/mol. The van der Waals surface area contributed by atoms with E-state index in [0.717, 1.165) is 19.6 Å². The zero-order chi connectivity index (χ0) is 20.9. The van der Waals surface area contributed by atoms with Crippen molar-refractivity contribution < 1.29 is 13.2 Å². The highest BCUT2D eigenvalue weighted by atomic mass is 32.2. The first-order chi connectivity index (χ1) is 13.9. The van der Waals surface area contributed by atoms with Crippen molar-refractivity contribution in [1.82, 2.24) is 14.5 Å². The Labute approximate surface area is 171 Å². The van der Waals surface area contributed by atoms with E-state index >= 15 is 0 Å². The van der Waals surface area contributed by atoms with E-state index in [-0.39, 0.29) is 22.9 Å². The molecule has 1 fully saturated rings. The van der Waals surface area contributed by atoms with Crippen LogP contribution in [0.4, 0.5) is 0 Å². The number of aryl methyl sites for hydroxylation is 1. The van der Waals surface area contributed by atoms with Crippen molar-refractivity contribution in [2.75, 3.05) is 32.7 Å². The molecule has 0 aliphatic carbocycles. The molecule has 152 valence electrons. The number of rotatable bonds is 6. The minimum atomic E-state index is -3.92. The third-order valence-corrected chi connectivity index (χ3v) is 6.38. The summed E-state index contributed by atoms with van der Waals surface area (Å²) in [5.74, 6) is -0.266. The third kappa shape index (κ3) is 5.41. The van der Waals surface area contributed by atoms with E-state index in [1.807, 2.05) is 12.1 Å². The molecule has 3 rings (SSSR count). The lowest BCUT2D eigenvalue weighted by Crippen LogP contribution is -2.50. The Morgan fingerprint density at radius 1 is 1.10 bits per heavy atom. The molecule has 0 atom stereocenters. The fourth-order valence-electron chi connectivity index (χ4n) is 3.36. The van der Waals surface area contributed by atoms with Crippen LogP contribution in [0.15, 0.2) is 53.4 Å². The number of nitrogens with zero attached hydrogens (tertiary/aromatic N) is 3. The van der Waals surface area contributed by atoms with Gasteiger partial charge in [-0.25, -0.2) is 13.1 Å². The van der Waals surface area contributed by atoms with Gasteiger partial charge in [-0.1, -0.05) is 42.0 Å². The fourth-order valence-corrected chi connectivity index (χ4v) is 4.49. The third-order valence-electron chi connectivity index (χ3n) is 4.92. The normalized spacial score (nSPS) is 15.1. The molecule has 7 nitrogen and oxygen atoms in total. The first-order valence-electron chi connectivity index (χ1n) is 9.43. The first-order valence-corrected chi connectivity index (χ1v) is 10.9. The standard InChI is InChI=1S/C21H24N4O3S/c1-17-5-4-6-18(13-17)16-24-9-11-25(12-10-24)21(26)15-23-29(27,28)20-8-3-2-7-19(20)14-22/h2-8,13,23H,9-12,15-16H2,1H3. The van der Waals surface area contributed by atoms with Crippen molar-refractivity contribution in [2.45, 2.75) is 18.4 Å². The number of benzene rings is 2. The topological polar surface area (TPSA) is 93.5 Å². The smallest absolute Gasteiger partial charge is 0.242 e. The van der Waals surface area contributed by atoms with Crippen molar-refractivity contribution in [2.24, 2.45) is 0 Å². The van der Waals surface area contributed by atoms with Crippen LogP contribution >= 0.6 is 0 Å². The van der Waals surface area contributed by atoms with Crippen LogP contribution in [0.5, 0.6) is 0 Å². The van der Waals surface area contributed by atoms with Gasteiger partial charge in [-0.3, -0.25) is 9.69 Å². The lowest BCUT2D eigenvalue weighted by Gasteiger charge is -2.34. The summed E-state index contributed by atoms with van der Waals surface area (Å²) in [6, 6.07) is 16.2. The minimum Gasteiger partial charge on any atom is -0.339 e. The molecular formula is C21H24N4O3S. The molecule has 1 saturated heterocycles. The van der Waals surface area contributed by atoms with Gasteiger partial charge >= 0.3 is 0 Å². The molecule has 1 amide bonds. The van der Waals surface area contributed by atoms with Gasteiger partial charge in [0, 0.05) is 32.7 Å². The van der Waals surface area contributed by atoms with Crippen molar-refractivity contribution in [1.29, 1.82) is 5.26 Å². The molecule has 1 aliphatic rings. The molecule has 0 bridgehead atoms. The Bertz CT molecular complexity index is 1020. The summed E-state index contributed by atoms with van der Waals surface area (Å²) in [6.45, 7) is 5.17. The second-order valence-corrected chi connectivity index (χ2v) is 8.81. The quantitative estimate of drug-likeness (QED) is 0.776. The number of carbonyl (C=O) groups excluding carboxylic acids is 1. The lowest BCUT2D eigenvalue weighted by atomic mass is 10.1. The Kier molecular flexibility index (Phi) is 6.64. The predicted molar refractivity (Wildman–Crippen MR) is 109 cm³/mol. The number of carbonyl (C=O) groups is 1. The Balaban J connectivity index is 1.51. The van der Waals surface area contributed by atoms with E-state index in [0.29, 0.717) is 13.1 Å². The van der Waals surface area contributed by atoms with E-state index in [1.54, 1.807) is 17.0 Å². The molecule has 2 aromatic carbocycles. The van der Waals surface area contributed by atoms with Gasteiger partial charge in [0.25, 0.3) is 0 Å². The molecule has 0 saturated carbocycles. The summed E-state index contributed by atoms with van der Waals surface area (Å²) in [5.41, 5.74) is 2.52. The van der Waals surface area contributed by atoms with Crippen LogP contribution in [0.2, 0.25) is 0 Å². The first kappa shape index (κ1) is 21.0. The van der Waals surface area contributed by atoms with E-state index in [1.165, 1.54) is 23.3 Å². The number of nitriles is 1. The summed E-state index contributed by atoms with van der Waals surface area (Å²) in [7, 11) is -3.92. The molecule has 1 N–H and O–H groups in total. The van der Waals surface area contributed by atoms with Crippen molar-refractivity contribution in [3.63, 3.8) is 0 Å². The van der Waals surface area contributed by atoms with E-state index in [4.69, 9.17) is 5.26 Å². The highest BCUT2D eigenvalue weighted by Gasteiger charge is 2.24. The molecule has 0 aromatic heterocycles. The van der Waals surface area contributed by atoms with Crippen LogP contribution in [-0.2, 0) is 21.4 Å². The molecule has 0 unspecified atom stereocenters. The minimum absolute atomic E-state index is 0.0530. The van der Waals surface area contributed by atoms with Crippen molar-refractivity contribution in [3.8, 4) is 6.07 Å². The number of piperazine rings is 1. The highest BCUT2D eigenvalue weighted by Crippen LogP contribution is 2.14. The van der Waals surface area contributed by atoms with Crippen LogP contribution in [0, 0.1) is 18.3 Å². The number of nitrogens with one attached hydrogen (secondary N) is 1. The van der Waals surface area contributed by atoms with Crippen LogP contribution in [0.25, 0.3) is 0 Å². The average molecular weight is 413 g/mol. The number of amides is 1. The molecule has 0 radical (unpaired) electrons. The second kappa shape index (κ2) is 9.18. The number of hydrogen-bond acceptors (Lipinski definition) is 5.